The Morgan fingerprint density at radius 2 is 2.27 bits per heavy atom. The van der Waals surface area contributed by atoms with Crippen LogP contribution in [-0.2, 0) is 11.3 Å². The summed E-state index contributed by atoms with van der Waals surface area (Å²) in [4.78, 5) is 19.0. The van der Waals surface area contributed by atoms with Gasteiger partial charge >= 0.3 is 0 Å². The predicted molar refractivity (Wildman–Crippen MR) is 89.9 cm³/mol. The lowest BCUT2D eigenvalue weighted by molar-refractivity contribution is -0.120. The Hall–Kier alpha value is -1.66. The van der Waals surface area contributed by atoms with E-state index >= 15 is 0 Å². The van der Waals surface area contributed by atoms with Gasteiger partial charge in [0.2, 0.25) is 5.91 Å². The maximum absolute atomic E-state index is 12.6. The van der Waals surface area contributed by atoms with Crippen molar-refractivity contribution in [2.45, 2.75) is 19.4 Å². The second-order valence-corrected chi connectivity index (χ2v) is 7.31. The topological polar surface area (TPSA) is 46.3 Å². The fraction of sp³-hybridized carbons (Fsp3) is 0.250. The zero-order chi connectivity index (χ0) is 15.1. The van der Waals surface area contributed by atoms with Crippen molar-refractivity contribution in [1.82, 2.24) is 4.98 Å². The smallest absolute Gasteiger partial charge is 0.232 e. The van der Waals surface area contributed by atoms with E-state index in [0.29, 0.717) is 6.54 Å². The third kappa shape index (κ3) is 2.68. The molecule has 6 heteroatoms. The van der Waals surface area contributed by atoms with Gasteiger partial charge in [-0.3, -0.25) is 9.69 Å². The van der Waals surface area contributed by atoms with Crippen LogP contribution < -0.4 is 4.90 Å². The number of furan rings is 1. The van der Waals surface area contributed by atoms with Gasteiger partial charge in [0, 0.05) is 10.4 Å². The van der Waals surface area contributed by atoms with Crippen LogP contribution in [0.15, 0.2) is 45.5 Å². The van der Waals surface area contributed by atoms with Crippen molar-refractivity contribution in [2.75, 3.05) is 4.90 Å². The van der Waals surface area contributed by atoms with Gasteiger partial charge in [-0.15, -0.1) is 0 Å². The summed E-state index contributed by atoms with van der Waals surface area (Å²) in [5, 5.41) is 0.737. The number of carbonyl (C=O) groups is 1. The molecule has 4 rings (SSSR count). The summed E-state index contributed by atoms with van der Waals surface area (Å²) in [5.41, 5.74) is 0.913. The molecule has 2 heterocycles. The van der Waals surface area contributed by atoms with Crippen LogP contribution in [0.4, 0.5) is 5.13 Å². The molecule has 1 fully saturated rings. The van der Waals surface area contributed by atoms with Crippen LogP contribution in [0.3, 0.4) is 0 Å². The molecule has 0 atom stereocenters. The van der Waals surface area contributed by atoms with E-state index in [1.54, 1.807) is 11.2 Å². The number of halogens is 1. The molecular formula is C16H13BrN2O2S. The number of fused-ring (bicyclic) bond motifs is 1. The van der Waals surface area contributed by atoms with Crippen molar-refractivity contribution in [3.05, 3.63) is 46.8 Å². The second kappa shape index (κ2) is 5.52. The predicted octanol–water partition coefficient (Wildman–Crippen LogP) is 4.60. The van der Waals surface area contributed by atoms with Crippen LogP contribution in [0.5, 0.6) is 0 Å². The molecule has 0 spiro atoms. The zero-order valence-corrected chi connectivity index (χ0v) is 14.1. The first-order chi connectivity index (χ1) is 10.7. The van der Waals surface area contributed by atoms with Gasteiger partial charge in [0.25, 0.3) is 0 Å². The molecule has 0 N–H and O–H groups in total. The molecule has 1 amide bonds. The summed E-state index contributed by atoms with van der Waals surface area (Å²) in [6.45, 7) is 0.434. The minimum Gasteiger partial charge on any atom is -0.467 e. The van der Waals surface area contributed by atoms with E-state index in [4.69, 9.17) is 4.42 Å². The average Bonchev–Trinajstić information content (AvgIpc) is 3.07. The van der Waals surface area contributed by atoms with Crippen LogP contribution in [0, 0.1) is 5.92 Å². The minimum absolute atomic E-state index is 0.147. The van der Waals surface area contributed by atoms with Crippen molar-refractivity contribution in [3.8, 4) is 0 Å². The van der Waals surface area contributed by atoms with E-state index in [2.05, 4.69) is 20.9 Å². The fourth-order valence-corrected chi connectivity index (χ4v) is 3.87. The Labute approximate surface area is 139 Å². The number of aromatic nitrogens is 1. The summed E-state index contributed by atoms with van der Waals surface area (Å²) >= 11 is 5.01. The average molecular weight is 377 g/mol. The molecule has 22 heavy (non-hydrogen) atoms. The van der Waals surface area contributed by atoms with E-state index in [9.17, 15) is 4.79 Å². The summed E-state index contributed by atoms with van der Waals surface area (Å²) < 4.78 is 7.49. The molecule has 0 unspecified atom stereocenters. The minimum atomic E-state index is 0.147. The number of thiazole rings is 1. The van der Waals surface area contributed by atoms with Crippen LogP contribution in [0.25, 0.3) is 10.2 Å². The van der Waals surface area contributed by atoms with Crippen LogP contribution in [0.1, 0.15) is 18.6 Å². The summed E-state index contributed by atoms with van der Waals surface area (Å²) in [6, 6.07) is 9.68. The van der Waals surface area contributed by atoms with Gasteiger partial charge in [-0.2, -0.15) is 0 Å². The molecule has 4 nitrogen and oxygen atoms in total. The third-order valence-corrected chi connectivity index (χ3v) is 5.19. The Morgan fingerprint density at radius 3 is 3.00 bits per heavy atom. The summed E-state index contributed by atoms with van der Waals surface area (Å²) in [5.74, 6) is 1.07. The molecule has 112 valence electrons. The van der Waals surface area contributed by atoms with Gasteiger partial charge in [0.15, 0.2) is 5.13 Å². The van der Waals surface area contributed by atoms with Crippen LogP contribution >= 0.6 is 27.3 Å². The number of carbonyl (C=O) groups excluding carboxylic acids is 1. The number of amides is 1. The highest BCUT2D eigenvalue weighted by Crippen LogP contribution is 2.37. The first-order valence-corrected chi connectivity index (χ1v) is 8.71. The molecule has 1 aliphatic rings. The highest BCUT2D eigenvalue weighted by molar-refractivity contribution is 9.10. The van der Waals surface area contributed by atoms with Gasteiger partial charge in [-0.25, -0.2) is 4.98 Å². The Morgan fingerprint density at radius 1 is 1.41 bits per heavy atom. The number of benzene rings is 1. The molecule has 1 aromatic carbocycles. The molecule has 0 aliphatic heterocycles. The largest absolute Gasteiger partial charge is 0.467 e. The normalized spacial score (nSPS) is 14.4. The third-order valence-electron chi connectivity index (χ3n) is 3.66. The van der Waals surface area contributed by atoms with Gasteiger partial charge in [-0.05, 0) is 43.2 Å². The Bertz CT molecular complexity index is 824. The summed E-state index contributed by atoms with van der Waals surface area (Å²) in [6.07, 6.45) is 3.58. The molecular weight excluding hydrogens is 364 g/mol. The molecule has 0 radical (unpaired) electrons. The van der Waals surface area contributed by atoms with E-state index < -0.39 is 0 Å². The van der Waals surface area contributed by atoms with Gasteiger partial charge in [0.1, 0.15) is 5.76 Å². The van der Waals surface area contributed by atoms with E-state index in [1.165, 1.54) is 11.3 Å². The lowest BCUT2D eigenvalue weighted by Crippen LogP contribution is -2.31. The van der Waals surface area contributed by atoms with Gasteiger partial charge in [-0.1, -0.05) is 27.3 Å². The van der Waals surface area contributed by atoms with Gasteiger partial charge < -0.3 is 4.42 Å². The standard InChI is InChI=1S/C16H13BrN2O2S/c17-11-5-6-13-14(8-11)22-16(18-13)19(15(20)10-3-4-10)9-12-2-1-7-21-12/h1-2,5-8,10H,3-4,9H2. The van der Waals surface area contributed by atoms with Crippen molar-refractivity contribution >= 4 is 48.5 Å². The number of nitrogens with zero attached hydrogens (tertiary/aromatic N) is 2. The van der Waals surface area contributed by atoms with E-state index in [1.807, 2.05) is 30.3 Å². The lowest BCUT2D eigenvalue weighted by atomic mass is 10.3. The molecule has 1 aliphatic carbocycles. The molecule has 0 bridgehead atoms. The second-order valence-electron chi connectivity index (χ2n) is 5.39. The molecule has 0 saturated heterocycles. The monoisotopic (exact) mass is 376 g/mol. The van der Waals surface area contributed by atoms with E-state index in [0.717, 1.165) is 38.4 Å². The highest BCUT2D eigenvalue weighted by atomic mass is 79.9. The zero-order valence-electron chi connectivity index (χ0n) is 11.7. The maximum atomic E-state index is 12.6. The highest BCUT2D eigenvalue weighted by Gasteiger charge is 2.35. The van der Waals surface area contributed by atoms with Crippen molar-refractivity contribution in [2.24, 2.45) is 5.92 Å². The van der Waals surface area contributed by atoms with Crippen molar-refractivity contribution < 1.29 is 9.21 Å². The fourth-order valence-electron chi connectivity index (χ4n) is 2.35. The van der Waals surface area contributed by atoms with Crippen molar-refractivity contribution in [1.29, 1.82) is 0 Å². The van der Waals surface area contributed by atoms with Crippen molar-refractivity contribution in [3.63, 3.8) is 0 Å². The molecule has 1 saturated carbocycles. The number of hydrogen-bond donors (Lipinski definition) is 0. The van der Waals surface area contributed by atoms with E-state index in [-0.39, 0.29) is 11.8 Å². The summed E-state index contributed by atoms with van der Waals surface area (Å²) in [7, 11) is 0. The Balaban J connectivity index is 1.72. The molecule has 3 aromatic rings. The van der Waals surface area contributed by atoms with Gasteiger partial charge in [0.05, 0.1) is 23.0 Å². The van der Waals surface area contributed by atoms with Crippen LogP contribution in [-0.4, -0.2) is 10.9 Å². The van der Waals surface area contributed by atoms with Crippen LogP contribution in [0.2, 0.25) is 0 Å². The first-order valence-electron chi connectivity index (χ1n) is 7.10. The SMILES string of the molecule is O=C(C1CC1)N(Cc1ccco1)c1nc2ccc(Br)cc2s1. The number of anilines is 1. The maximum Gasteiger partial charge on any atom is 0.232 e. The first kappa shape index (κ1) is 14.0. The number of hydrogen-bond acceptors (Lipinski definition) is 4. The lowest BCUT2D eigenvalue weighted by Gasteiger charge is -2.18. The molecule has 2 aromatic heterocycles. The Kier molecular flexibility index (Phi) is 3.50. The number of rotatable bonds is 4. The quantitative estimate of drug-likeness (QED) is 0.668.